The molecule has 0 radical (unpaired) electrons. The number of hydrogen-bond acceptors (Lipinski definition) is 4. The average Bonchev–Trinajstić information content (AvgIpc) is 2.91. The van der Waals surface area contributed by atoms with Crippen LogP contribution in [0.5, 0.6) is 0 Å². The molecular formula is C14H15F3N2O4. The van der Waals surface area contributed by atoms with E-state index < -0.39 is 34.8 Å². The summed E-state index contributed by atoms with van der Waals surface area (Å²) in [5.74, 6) is -2.31. The molecule has 1 N–H and O–H groups in total. The first kappa shape index (κ1) is 17.2. The standard InChI is InChI=1S/C14H15F3N2O4/c1-23-8-13(12(21)22)5-3-7-19(13)11(20)9-4-2-6-18-10(9)14(15,16)17/h2,4,6H,3,5,7-8H2,1H3,(H,21,22). The number of aliphatic carboxylic acids is 1. The van der Waals surface area contributed by atoms with Crippen LogP contribution in [0.1, 0.15) is 28.9 Å². The number of carboxylic acid groups (broad SMARTS) is 1. The normalized spacial score (nSPS) is 21.5. The van der Waals surface area contributed by atoms with Crippen molar-refractivity contribution in [1.29, 1.82) is 0 Å². The number of amides is 1. The van der Waals surface area contributed by atoms with Crippen LogP contribution in [0.25, 0.3) is 0 Å². The third kappa shape index (κ3) is 3.00. The lowest BCUT2D eigenvalue weighted by molar-refractivity contribution is -0.151. The Hall–Kier alpha value is -2.16. The van der Waals surface area contributed by atoms with Crippen LogP contribution in [0.15, 0.2) is 18.3 Å². The SMILES string of the molecule is COCC1(C(=O)O)CCCN1C(=O)c1cccnc1C(F)(F)F. The van der Waals surface area contributed by atoms with Gasteiger partial charge in [0.25, 0.3) is 5.91 Å². The minimum absolute atomic E-state index is 0.0423. The second kappa shape index (κ2) is 6.15. The summed E-state index contributed by atoms with van der Waals surface area (Å²) in [6.45, 7) is -0.254. The number of carbonyl (C=O) groups excluding carboxylic acids is 1. The molecule has 0 spiro atoms. The van der Waals surface area contributed by atoms with Crippen molar-refractivity contribution in [3.63, 3.8) is 0 Å². The first-order valence-corrected chi connectivity index (χ1v) is 6.80. The number of ether oxygens (including phenoxy) is 1. The third-order valence-electron chi connectivity index (χ3n) is 3.82. The quantitative estimate of drug-likeness (QED) is 0.909. The highest BCUT2D eigenvalue weighted by Crippen LogP contribution is 2.35. The summed E-state index contributed by atoms with van der Waals surface area (Å²) in [5.41, 5.74) is -3.65. The van der Waals surface area contributed by atoms with E-state index in [4.69, 9.17) is 4.74 Å². The Kier molecular flexibility index (Phi) is 4.60. The molecule has 1 atom stereocenters. The molecule has 1 fully saturated rings. The molecule has 9 heteroatoms. The number of pyridine rings is 1. The van der Waals surface area contributed by atoms with Gasteiger partial charge in [0, 0.05) is 19.9 Å². The van der Waals surface area contributed by atoms with E-state index >= 15 is 0 Å². The molecule has 2 heterocycles. The maximum Gasteiger partial charge on any atom is 0.434 e. The van der Waals surface area contributed by atoms with Crippen molar-refractivity contribution in [2.45, 2.75) is 24.6 Å². The zero-order chi connectivity index (χ0) is 17.3. The number of rotatable bonds is 4. The molecule has 0 bridgehead atoms. The lowest BCUT2D eigenvalue weighted by Crippen LogP contribution is -2.56. The number of carbonyl (C=O) groups is 2. The van der Waals surface area contributed by atoms with Crippen molar-refractivity contribution in [2.75, 3.05) is 20.3 Å². The first-order valence-electron chi connectivity index (χ1n) is 6.80. The van der Waals surface area contributed by atoms with Crippen molar-refractivity contribution in [3.8, 4) is 0 Å². The molecule has 1 aromatic rings. The molecule has 2 rings (SSSR count). The van der Waals surface area contributed by atoms with Gasteiger partial charge in [0.05, 0.1) is 12.2 Å². The topological polar surface area (TPSA) is 79.7 Å². The Morgan fingerprint density at radius 3 is 2.74 bits per heavy atom. The molecule has 0 saturated carbocycles. The minimum atomic E-state index is -4.81. The predicted molar refractivity (Wildman–Crippen MR) is 71.8 cm³/mol. The Morgan fingerprint density at radius 2 is 2.17 bits per heavy atom. The predicted octanol–water partition coefficient (Wildman–Crippen LogP) is 1.81. The van der Waals surface area contributed by atoms with Gasteiger partial charge in [0.15, 0.2) is 11.2 Å². The number of methoxy groups -OCH3 is 1. The minimum Gasteiger partial charge on any atom is -0.479 e. The summed E-state index contributed by atoms with van der Waals surface area (Å²) in [5, 5.41) is 9.48. The number of alkyl halides is 3. The Labute approximate surface area is 129 Å². The molecule has 1 aromatic heterocycles. The Bertz CT molecular complexity index is 620. The average molecular weight is 332 g/mol. The first-order chi connectivity index (χ1) is 10.7. The fourth-order valence-corrected chi connectivity index (χ4v) is 2.80. The highest BCUT2D eigenvalue weighted by Gasteiger charge is 2.51. The number of aromatic nitrogens is 1. The van der Waals surface area contributed by atoms with Gasteiger partial charge in [-0.05, 0) is 25.0 Å². The summed E-state index contributed by atoms with van der Waals surface area (Å²) in [7, 11) is 1.27. The lowest BCUT2D eigenvalue weighted by Gasteiger charge is -2.34. The number of carboxylic acids is 1. The highest BCUT2D eigenvalue weighted by atomic mass is 19.4. The Morgan fingerprint density at radius 1 is 1.48 bits per heavy atom. The lowest BCUT2D eigenvalue weighted by atomic mass is 9.96. The summed E-state index contributed by atoms with van der Waals surface area (Å²) in [6, 6.07) is 2.20. The second-order valence-corrected chi connectivity index (χ2v) is 5.23. The van der Waals surface area contributed by atoms with E-state index in [1.54, 1.807) is 0 Å². The van der Waals surface area contributed by atoms with Gasteiger partial charge in [-0.2, -0.15) is 13.2 Å². The van der Waals surface area contributed by atoms with Crippen LogP contribution >= 0.6 is 0 Å². The van der Waals surface area contributed by atoms with Crippen LogP contribution in [0.4, 0.5) is 13.2 Å². The van der Waals surface area contributed by atoms with Crippen LogP contribution in [0.2, 0.25) is 0 Å². The molecule has 6 nitrogen and oxygen atoms in total. The molecule has 1 aliphatic rings. The summed E-state index contributed by atoms with van der Waals surface area (Å²) < 4.78 is 44.0. The van der Waals surface area contributed by atoms with Crippen LogP contribution in [0.3, 0.4) is 0 Å². The number of hydrogen-bond donors (Lipinski definition) is 1. The number of halogens is 3. The van der Waals surface area contributed by atoms with Crippen molar-refractivity contribution >= 4 is 11.9 Å². The molecule has 23 heavy (non-hydrogen) atoms. The maximum atomic E-state index is 13.0. The van der Waals surface area contributed by atoms with Gasteiger partial charge in [-0.15, -0.1) is 0 Å². The van der Waals surface area contributed by atoms with E-state index in [0.717, 1.165) is 17.2 Å². The maximum absolute atomic E-state index is 13.0. The summed E-state index contributed by atoms with van der Waals surface area (Å²) in [4.78, 5) is 28.4. The fourth-order valence-electron chi connectivity index (χ4n) is 2.80. The summed E-state index contributed by atoms with van der Waals surface area (Å²) in [6.07, 6.45) is -3.39. The highest BCUT2D eigenvalue weighted by molar-refractivity contribution is 5.99. The number of likely N-dealkylation sites (tertiary alicyclic amines) is 1. The van der Waals surface area contributed by atoms with E-state index in [0.29, 0.717) is 6.42 Å². The van der Waals surface area contributed by atoms with E-state index in [-0.39, 0.29) is 19.6 Å². The van der Waals surface area contributed by atoms with Crippen molar-refractivity contribution < 1.29 is 32.6 Å². The van der Waals surface area contributed by atoms with Gasteiger partial charge in [-0.25, -0.2) is 4.79 Å². The van der Waals surface area contributed by atoms with Gasteiger partial charge >= 0.3 is 12.1 Å². The van der Waals surface area contributed by atoms with Gasteiger partial charge < -0.3 is 14.7 Å². The summed E-state index contributed by atoms with van der Waals surface area (Å²) >= 11 is 0. The smallest absolute Gasteiger partial charge is 0.434 e. The second-order valence-electron chi connectivity index (χ2n) is 5.23. The van der Waals surface area contributed by atoms with Crippen LogP contribution in [-0.4, -0.2) is 52.7 Å². The molecule has 0 aliphatic carbocycles. The van der Waals surface area contributed by atoms with Gasteiger partial charge in [-0.1, -0.05) is 0 Å². The molecule has 126 valence electrons. The van der Waals surface area contributed by atoms with Gasteiger partial charge in [-0.3, -0.25) is 9.78 Å². The van der Waals surface area contributed by atoms with Gasteiger partial charge in [0.1, 0.15) is 0 Å². The van der Waals surface area contributed by atoms with Crippen LogP contribution < -0.4 is 0 Å². The number of nitrogens with zero attached hydrogens (tertiary/aromatic N) is 2. The molecule has 0 aromatic carbocycles. The van der Waals surface area contributed by atoms with E-state index in [9.17, 15) is 27.9 Å². The van der Waals surface area contributed by atoms with Gasteiger partial charge in [0.2, 0.25) is 0 Å². The largest absolute Gasteiger partial charge is 0.479 e. The molecule has 1 aliphatic heterocycles. The Balaban J connectivity index is 2.46. The third-order valence-corrected chi connectivity index (χ3v) is 3.82. The van der Waals surface area contributed by atoms with E-state index in [1.807, 2.05) is 0 Å². The fraction of sp³-hybridized carbons (Fsp3) is 0.500. The zero-order valence-corrected chi connectivity index (χ0v) is 12.3. The van der Waals surface area contributed by atoms with Crippen molar-refractivity contribution in [3.05, 3.63) is 29.6 Å². The van der Waals surface area contributed by atoms with Crippen molar-refractivity contribution in [2.24, 2.45) is 0 Å². The molecule has 1 unspecified atom stereocenters. The zero-order valence-electron chi connectivity index (χ0n) is 12.3. The van der Waals surface area contributed by atoms with Crippen LogP contribution in [-0.2, 0) is 15.7 Å². The monoisotopic (exact) mass is 332 g/mol. The molecule has 1 saturated heterocycles. The van der Waals surface area contributed by atoms with E-state index in [2.05, 4.69) is 4.98 Å². The molecule has 1 amide bonds. The van der Waals surface area contributed by atoms with Crippen LogP contribution in [0, 0.1) is 0 Å². The van der Waals surface area contributed by atoms with E-state index in [1.165, 1.54) is 13.2 Å². The molecular weight excluding hydrogens is 317 g/mol. The van der Waals surface area contributed by atoms with Crippen molar-refractivity contribution in [1.82, 2.24) is 9.88 Å².